The summed E-state index contributed by atoms with van der Waals surface area (Å²) in [5.41, 5.74) is 5.89. The van der Waals surface area contributed by atoms with E-state index < -0.39 is 0 Å². The van der Waals surface area contributed by atoms with E-state index in [9.17, 15) is 4.79 Å². The number of hydrogen-bond donors (Lipinski definition) is 1. The highest BCUT2D eigenvalue weighted by Gasteiger charge is 2.27. The number of methoxy groups -OCH3 is 1. The standard InChI is InChI=1S/C32H35N3O4/c1-3-23-6-5-9-26-28(19-33-32(23)26)27(24-7-4-8-25(17-24)37-2)18-31(36)35-14-12-34(13-15-35)20-22-10-11-29-30(16-22)39-21-38-29/h4-11,16-17,19,27,33H,3,12-15,18,20-21H2,1-2H3/t27-/m0/s1. The van der Waals surface area contributed by atoms with Gasteiger partial charge in [-0.3, -0.25) is 9.69 Å². The van der Waals surface area contributed by atoms with Gasteiger partial charge in [0.1, 0.15) is 5.75 Å². The minimum absolute atomic E-state index is 0.0693. The molecule has 0 bridgehead atoms. The number of aromatic nitrogens is 1. The Morgan fingerprint density at radius 2 is 1.82 bits per heavy atom. The predicted molar refractivity (Wildman–Crippen MR) is 152 cm³/mol. The van der Waals surface area contributed by atoms with Crippen LogP contribution in [-0.4, -0.2) is 60.8 Å². The fourth-order valence-corrected chi connectivity index (χ4v) is 5.84. The number of ether oxygens (including phenoxy) is 3. The van der Waals surface area contributed by atoms with Crippen LogP contribution in [0, 0.1) is 0 Å². The molecule has 1 N–H and O–H groups in total. The van der Waals surface area contributed by atoms with Crippen molar-refractivity contribution in [2.45, 2.75) is 32.2 Å². The third kappa shape index (κ3) is 5.19. The van der Waals surface area contributed by atoms with Crippen molar-refractivity contribution in [1.29, 1.82) is 0 Å². The van der Waals surface area contributed by atoms with Crippen molar-refractivity contribution >= 4 is 16.8 Å². The van der Waals surface area contributed by atoms with E-state index in [0.29, 0.717) is 6.42 Å². The number of rotatable bonds is 8. The monoisotopic (exact) mass is 525 g/mol. The van der Waals surface area contributed by atoms with Crippen LogP contribution in [0.2, 0.25) is 0 Å². The Hall–Kier alpha value is -3.97. The van der Waals surface area contributed by atoms with Gasteiger partial charge in [-0.1, -0.05) is 43.3 Å². The molecule has 0 saturated carbocycles. The average molecular weight is 526 g/mol. The maximum Gasteiger partial charge on any atom is 0.231 e. The number of hydrogen-bond acceptors (Lipinski definition) is 5. The quantitative estimate of drug-likeness (QED) is 0.337. The van der Waals surface area contributed by atoms with Crippen molar-refractivity contribution in [2.24, 2.45) is 0 Å². The second-order valence-electron chi connectivity index (χ2n) is 10.3. The molecule has 39 heavy (non-hydrogen) atoms. The molecular formula is C32H35N3O4. The van der Waals surface area contributed by atoms with E-state index >= 15 is 0 Å². The first kappa shape index (κ1) is 25.3. The number of amides is 1. The molecule has 3 heterocycles. The number of benzene rings is 3. The Bertz CT molecular complexity index is 1470. The van der Waals surface area contributed by atoms with Gasteiger partial charge in [0.2, 0.25) is 12.7 Å². The van der Waals surface area contributed by atoms with E-state index in [0.717, 1.165) is 73.0 Å². The number of fused-ring (bicyclic) bond motifs is 2. The fraction of sp³-hybridized carbons (Fsp3) is 0.344. The van der Waals surface area contributed by atoms with E-state index in [2.05, 4.69) is 65.5 Å². The van der Waals surface area contributed by atoms with Crippen LogP contribution in [0.3, 0.4) is 0 Å². The zero-order valence-corrected chi connectivity index (χ0v) is 22.6. The first-order valence-electron chi connectivity index (χ1n) is 13.7. The average Bonchev–Trinajstić information content (AvgIpc) is 3.63. The predicted octanol–water partition coefficient (Wildman–Crippen LogP) is 5.33. The van der Waals surface area contributed by atoms with Gasteiger partial charge in [0.25, 0.3) is 0 Å². The molecular weight excluding hydrogens is 490 g/mol. The van der Waals surface area contributed by atoms with Crippen LogP contribution in [0.4, 0.5) is 0 Å². The van der Waals surface area contributed by atoms with Gasteiger partial charge in [-0.2, -0.15) is 0 Å². The largest absolute Gasteiger partial charge is 0.497 e. The van der Waals surface area contributed by atoms with Gasteiger partial charge in [0.05, 0.1) is 7.11 Å². The molecule has 6 rings (SSSR count). The Morgan fingerprint density at radius 3 is 2.64 bits per heavy atom. The highest BCUT2D eigenvalue weighted by molar-refractivity contribution is 5.88. The molecule has 0 spiro atoms. The molecule has 1 saturated heterocycles. The molecule has 202 valence electrons. The maximum absolute atomic E-state index is 13.7. The summed E-state index contributed by atoms with van der Waals surface area (Å²) in [5.74, 6) is 2.54. The van der Waals surface area contributed by atoms with Crippen LogP contribution in [0.15, 0.2) is 66.9 Å². The van der Waals surface area contributed by atoms with Crippen molar-refractivity contribution < 1.29 is 19.0 Å². The van der Waals surface area contributed by atoms with Gasteiger partial charge >= 0.3 is 0 Å². The SMILES string of the molecule is CCc1cccc2c([C@@H](CC(=O)N3CCN(Cc4ccc5c(c4)OCO5)CC3)c3cccc(OC)c3)c[nH]c12. The number of para-hydroxylation sites is 1. The number of aryl methyl sites for hydroxylation is 1. The highest BCUT2D eigenvalue weighted by atomic mass is 16.7. The number of carbonyl (C=O) groups excluding carboxylic acids is 1. The van der Waals surface area contributed by atoms with Gasteiger partial charge in [0, 0.05) is 62.2 Å². The number of nitrogens with zero attached hydrogens (tertiary/aromatic N) is 2. The summed E-state index contributed by atoms with van der Waals surface area (Å²) in [6.07, 6.45) is 3.46. The molecule has 3 aromatic carbocycles. The molecule has 1 fully saturated rings. The Kier molecular flexibility index (Phi) is 7.16. The lowest BCUT2D eigenvalue weighted by Crippen LogP contribution is -2.48. The third-order valence-electron chi connectivity index (χ3n) is 8.03. The second kappa shape index (κ2) is 11.0. The normalized spacial score (nSPS) is 16.0. The van der Waals surface area contributed by atoms with Gasteiger partial charge in [0.15, 0.2) is 11.5 Å². The summed E-state index contributed by atoms with van der Waals surface area (Å²) >= 11 is 0. The van der Waals surface area contributed by atoms with Crippen LogP contribution in [0.5, 0.6) is 17.2 Å². The number of H-pyrrole nitrogens is 1. The first-order chi connectivity index (χ1) is 19.1. The molecule has 7 nitrogen and oxygen atoms in total. The fourth-order valence-electron chi connectivity index (χ4n) is 5.84. The molecule has 0 aliphatic carbocycles. The van der Waals surface area contributed by atoms with Crippen molar-refractivity contribution in [3.05, 3.63) is 89.1 Å². The lowest BCUT2D eigenvalue weighted by molar-refractivity contribution is -0.133. The molecule has 4 aromatic rings. The Balaban J connectivity index is 1.18. The summed E-state index contributed by atoms with van der Waals surface area (Å²) in [5, 5.41) is 1.18. The van der Waals surface area contributed by atoms with Crippen molar-refractivity contribution in [3.8, 4) is 17.2 Å². The van der Waals surface area contributed by atoms with Gasteiger partial charge in [-0.15, -0.1) is 0 Å². The summed E-state index contributed by atoms with van der Waals surface area (Å²) in [6, 6.07) is 20.7. The molecule has 2 aliphatic rings. The zero-order valence-electron chi connectivity index (χ0n) is 22.6. The number of nitrogens with one attached hydrogen (secondary N) is 1. The summed E-state index contributed by atoms with van der Waals surface area (Å²) < 4.78 is 16.5. The third-order valence-corrected chi connectivity index (χ3v) is 8.03. The van der Waals surface area contributed by atoms with Gasteiger partial charge in [-0.25, -0.2) is 0 Å². The van der Waals surface area contributed by atoms with Crippen LogP contribution >= 0.6 is 0 Å². The minimum atomic E-state index is -0.0693. The topological polar surface area (TPSA) is 67.0 Å². The molecule has 1 aromatic heterocycles. The van der Waals surface area contributed by atoms with Crippen LogP contribution in [-0.2, 0) is 17.8 Å². The second-order valence-corrected chi connectivity index (χ2v) is 10.3. The van der Waals surface area contributed by atoms with E-state index in [1.54, 1.807) is 7.11 Å². The summed E-state index contributed by atoms with van der Waals surface area (Å²) in [7, 11) is 1.68. The van der Waals surface area contributed by atoms with Crippen LogP contribution < -0.4 is 14.2 Å². The highest BCUT2D eigenvalue weighted by Crippen LogP contribution is 2.36. The molecule has 0 radical (unpaired) electrons. The first-order valence-corrected chi connectivity index (χ1v) is 13.7. The Labute approximate surface area is 229 Å². The molecule has 2 aliphatic heterocycles. The van der Waals surface area contributed by atoms with Crippen LogP contribution in [0.25, 0.3) is 10.9 Å². The molecule has 1 atom stereocenters. The minimum Gasteiger partial charge on any atom is -0.497 e. The smallest absolute Gasteiger partial charge is 0.231 e. The van der Waals surface area contributed by atoms with Crippen molar-refractivity contribution in [2.75, 3.05) is 40.1 Å². The maximum atomic E-state index is 13.7. The molecule has 0 unspecified atom stereocenters. The summed E-state index contributed by atoms with van der Waals surface area (Å²) in [6.45, 7) is 6.43. The number of carbonyl (C=O) groups is 1. The lowest BCUT2D eigenvalue weighted by atomic mass is 9.87. The van der Waals surface area contributed by atoms with E-state index in [4.69, 9.17) is 14.2 Å². The number of piperazine rings is 1. The van der Waals surface area contributed by atoms with Gasteiger partial charge < -0.3 is 24.1 Å². The van der Waals surface area contributed by atoms with E-state index in [1.807, 2.05) is 23.1 Å². The van der Waals surface area contributed by atoms with Crippen LogP contribution in [0.1, 0.15) is 41.5 Å². The van der Waals surface area contributed by atoms with Gasteiger partial charge in [-0.05, 0) is 52.9 Å². The number of aromatic amines is 1. The molecule has 7 heteroatoms. The lowest BCUT2D eigenvalue weighted by Gasteiger charge is -2.35. The zero-order chi connectivity index (χ0) is 26.8. The Morgan fingerprint density at radius 1 is 1.00 bits per heavy atom. The summed E-state index contributed by atoms with van der Waals surface area (Å²) in [4.78, 5) is 21.6. The van der Waals surface area contributed by atoms with E-state index in [-0.39, 0.29) is 18.6 Å². The molecule has 1 amide bonds. The van der Waals surface area contributed by atoms with E-state index in [1.165, 1.54) is 16.5 Å². The van der Waals surface area contributed by atoms with Crippen molar-refractivity contribution in [3.63, 3.8) is 0 Å². The van der Waals surface area contributed by atoms with Crippen molar-refractivity contribution in [1.82, 2.24) is 14.8 Å².